The Labute approximate surface area is 127 Å². The summed E-state index contributed by atoms with van der Waals surface area (Å²) in [6.07, 6.45) is 0. The lowest BCUT2D eigenvalue weighted by Crippen LogP contribution is -1.99. The van der Waals surface area contributed by atoms with Crippen molar-refractivity contribution < 1.29 is 0 Å². The monoisotopic (exact) mass is 297 g/mol. The minimum Gasteiger partial charge on any atom is -0.384 e. The molecule has 0 aliphatic heterocycles. The lowest BCUT2D eigenvalue weighted by Gasteiger charge is -2.06. The molecule has 2 aromatic heterocycles. The van der Waals surface area contributed by atoms with Crippen LogP contribution in [0.1, 0.15) is 17.1 Å². The van der Waals surface area contributed by atoms with Gasteiger partial charge >= 0.3 is 0 Å². The van der Waals surface area contributed by atoms with Crippen LogP contribution in [0.25, 0.3) is 11.0 Å². The molecule has 0 saturated carbocycles. The third-order valence-corrected chi connectivity index (χ3v) is 3.89. The molecule has 0 saturated heterocycles. The third kappa shape index (κ3) is 3.11. The first kappa shape index (κ1) is 13.8. The quantitative estimate of drug-likeness (QED) is 0.591. The summed E-state index contributed by atoms with van der Waals surface area (Å²) in [5.41, 5.74) is 10.3. The number of rotatable bonds is 3. The number of nitrogens with two attached hydrogens (primary N) is 1. The van der Waals surface area contributed by atoms with Crippen LogP contribution < -0.4 is 5.73 Å². The van der Waals surface area contributed by atoms with Gasteiger partial charge in [0.05, 0.1) is 22.4 Å². The molecular weight excluding hydrogens is 282 g/mol. The summed E-state index contributed by atoms with van der Waals surface area (Å²) in [4.78, 5) is 17.8. The molecule has 2 N–H and O–H groups in total. The summed E-state index contributed by atoms with van der Waals surface area (Å²) < 4.78 is 0. The van der Waals surface area contributed by atoms with E-state index in [1.807, 2.05) is 38.1 Å². The van der Waals surface area contributed by atoms with Crippen LogP contribution in [0.2, 0.25) is 0 Å². The first-order valence-corrected chi connectivity index (χ1v) is 7.56. The van der Waals surface area contributed by atoms with E-state index in [-0.39, 0.29) is 0 Å². The molecule has 0 unspecified atom stereocenters. The molecule has 1 aromatic carbocycles. The molecule has 0 radical (unpaired) electrons. The van der Waals surface area contributed by atoms with E-state index in [1.54, 1.807) is 6.07 Å². The highest BCUT2D eigenvalue weighted by molar-refractivity contribution is 7.98. The SMILES string of the molecule is Cc1cc(N)nc(SCc2nc3ccccc3nc2C)n1. The smallest absolute Gasteiger partial charge is 0.190 e. The average molecular weight is 297 g/mol. The zero-order valence-electron chi connectivity index (χ0n) is 11.9. The molecule has 0 spiro atoms. The minimum absolute atomic E-state index is 0.492. The standard InChI is InChI=1S/C15H15N5S/c1-9-7-14(16)20-15(17-9)21-8-13-10(2)18-11-5-3-4-6-12(11)19-13/h3-7H,8H2,1-2H3,(H2,16,17,20). The highest BCUT2D eigenvalue weighted by Gasteiger charge is 2.07. The molecule has 2 heterocycles. The van der Waals surface area contributed by atoms with E-state index in [2.05, 4.69) is 19.9 Å². The Morgan fingerprint density at radius 1 is 1.00 bits per heavy atom. The van der Waals surface area contributed by atoms with Gasteiger partial charge in [0.25, 0.3) is 0 Å². The van der Waals surface area contributed by atoms with Crippen molar-refractivity contribution in [2.24, 2.45) is 0 Å². The maximum absolute atomic E-state index is 5.74. The second-order valence-corrected chi connectivity index (χ2v) is 5.69. The van der Waals surface area contributed by atoms with E-state index >= 15 is 0 Å². The van der Waals surface area contributed by atoms with Gasteiger partial charge in [-0.25, -0.2) is 19.9 Å². The van der Waals surface area contributed by atoms with Crippen molar-refractivity contribution in [2.45, 2.75) is 24.8 Å². The van der Waals surface area contributed by atoms with E-state index in [4.69, 9.17) is 5.73 Å². The summed E-state index contributed by atoms with van der Waals surface area (Å²) >= 11 is 1.52. The first-order chi connectivity index (χ1) is 10.1. The lowest BCUT2D eigenvalue weighted by molar-refractivity contribution is 0.938. The van der Waals surface area contributed by atoms with E-state index in [1.165, 1.54) is 11.8 Å². The number of anilines is 1. The van der Waals surface area contributed by atoms with Gasteiger partial charge in [-0.1, -0.05) is 23.9 Å². The van der Waals surface area contributed by atoms with E-state index in [0.717, 1.165) is 28.1 Å². The number of nitrogens with zero attached hydrogens (tertiary/aromatic N) is 4. The minimum atomic E-state index is 0.492. The molecule has 3 aromatic rings. The Bertz CT molecular complexity index is 783. The maximum Gasteiger partial charge on any atom is 0.190 e. The molecule has 0 aliphatic carbocycles. The van der Waals surface area contributed by atoms with E-state index in [0.29, 0.717) is 16.7 Å². The Kier molecular flexibility index (Phi) is 3.70. The predicted octanol–water partition coefficient (Wildman–Crippen LogP) is 2.91. The van der Waals surface area contributed by atoms with Gasteiger partial charge in [0, 0.05) is 17.5 Å². The van der Waals surface area contributed by atoms with Crippen LogP contribution >= 0.6 is 11.8 Å². The highest BCUT2D eigenvalue weighted by Crippen LogP contribution is 2.22. The van der Waals surface area contributed by atoms with Crippen molar-refractivity contribution in [1.29, 1.82) is 0 Å². The summed E-state index contributed by atoms with van der Waals surface area (Å²) in [5, 5.41) is 0.668. The van der Waals surface area contributed by atoms with Crippen molar-refractivity contribution in [3.63, 3.8) is 0 Å². The summed E-state index contributed by atoms with van der Waals surface area (Å²) in [7, 11) is 0. The molecule has 3 rings (SSSR count). The van der Waals surface area contributed by atoms with E-state index in [9.17, 15) is 0 Å². The van der Waals surface area contributed by atoms with Crippen molar-refractivity contribution in [1.82, 2.24) is 19.9 Å². The van der Waals surface area contributed by atoms with Gasteiger partial charge in [0.15, 0.2) is 5.16 Å². The molecule has 5 nitrogen and oxygen atoms in total. The van der Waals surface area contributed by atoms with E-state index < -0.39 is 0 Å². The zero-order valence-corrected chi connectivity index (χ0v) is 12.7. The van der Waals surface area contributed by atoms with Gasteiger partial charge in [-0.2, -0.15) is 0 Å². The summed E-state index contributed by atoms with van der Waals surface area (Å²) in [5.74, 6) is 1.17. The molecule has 6 heteroatoms. The molecule has 0 atom stereocenters. The zero-order chi connectivity index (χ0) is 14.8. The van der Waals surface area contributed by atoms with Crippen LogP contribution in [-0.4, -0.2) is 19.9 Å². The fourth-order valence-electron chi connectivity index (χ4n) is 2.02. The number of benzene rings is 1. The first-order valence-electron chi connectivity index (χ1n) is 6.58. The average Bonchev–Trinajstić information content (AvgIpc) is 2.44. The number of aromatic nitrogens is 4. The fourth-order valence-corrected chi connectivity index (χ4v) is 2.94. The Morgan fingerprint density at radius 2 is 1.71 bits per heavy atom. The topological polar surface area (TPSA) is 77.6 Å². The van der Waals surface area contributed by atoms with Crippen molar-refractivity contribution >= 4 is 28.6 Å². The lowest BCUT2D eigenvalue weighted by atomic mass is 10.2. The van der Waals surface area contributed by atoms with Gasteiger partial charge in [-0.05, 0) is 26.0 Å². The third-order valence-electron chi connectivity index (χ3n) is 3.03. The van der Waals surface area contributed by atoms with Gasteiger partial charge < -0.3 is 5.73 Å². The number of para-hydroxylation sites is 2. The van der Waals surface area contributed by atoms with Crippen molar-refractivity contribution in [3.8, 4) is 0 Å². The molecule has 0 bridgehead atoms. The van der Waals surface area contributed by atoms with Crippen LogP contribution in [0.5, 0.6) is 0 Å². The molecule has 0 fully saturated rings. The van der Waals surface area contributed by atoms with Gasteiger partial charge in [0.2, 0.25) is 0 Å². The van der Waals surface area contributed by atoms with Gasteiger partial charge in [0.1, 0.15) is 5.82 Å². The second kappa shape index (κ2) is 5.65. The molecule has 0 amide bonds. The van der Waals surface area contributed by atoms with Crippen LogP contribution in [0.3, 0.4) is 0 Å². The number of nitrogen functional groups attached to an aromatic ring is 1. The van der Waals surface area contributed by atoms with Crippen molar-refractivity contribution in [2.75, 3.05) is 5.73 Å². The number of hydrogen-bond acceptors (Lipinski definition) is 6. The predicted molar refractivity (Wildman–Crippen MR) is 85.0 cm³/mol. The van der Waals surface area contributed by atoms with Crippen LogP contribution in [0.4, 0.5) is 5.82 Å². The Hall–Kier alpha value is -2.21. The maximum atomic E-state index is 5.74. The Balaban J connectivity index is 1.86. The highest BCUT2D eigenvalue weighted by atomic mass is 32.2. The summed E-state index contributed by atoms with van der Waals surface area (Å²) in [6.45, 7) is 3.88. The van der Waals surface area contributed by atoms with Crippen LogP contribution in [0.15, 0.2) is 35.5 Å². The number of fused-ring (bicyclic) bond motifs is 1. The normalized spacial score (nSPS) is 11.0. The Morgan fingerprint density at radius 3 is 2.43 bits per heavy atom. The van der Waals surface area contributed by atoms with Crippen LogP contribution in [-0.2, 0) is 5.75 Å². The fraction of sp³-hybridized carbons (Fsp3) is 0.200. The molecule has 0 aliphatic rings. The number of aryl methyl sites for hydroxylation is 2. The van der Waals surface area contributed by atoms with Gasteiger partial charge in [-0.3, -0.25) is 0 Å². The van der Waals surface area contributed by atoms with Crippen molar-refractivity contribution in [3.05, 3.63) is 47.4 Å². The molecule has 21 heavy (non-hydrogen) atoms. The van der Waals surface area contributed by atoms with Crippen LogP contribution in [0, 0.1) is 13.8 Å². The largest absolute Gasteiger partial charge is 0.384 e. The number of hydrogen-bond donors (Lipinski definition) is 1. The number of thioether (sulfide) groups is 1. The summed E-state index contributed by atoms with van der Waals surface area (Å²) in [6, 6.07) is 9.63. The second-order valence-electron chi connectivity index (χ2n) is 4.75. The molecular formula is C15H15N5S. The van der Waals surface area contributed by atoms with Gasteiger partial charge in [-0.15, -0.1) is 0 Å². The molecule has 106 valence electrons.